The molecule has 0 aliphatic carbocycles. The van der Waals surface area contributed by atoms with Gasteiger partial charge in [-0.2, -0.15) is 8.42 Å². The molecule has 0 atom stereocenters. The summed E-state index contributed by atoms with van der Waals surface area (Å²) in [5.74, 6) is 0.334. The van der Waals surface area contributed by atoms with E-state index in [2.05, 4.69) is 0 Å². The van der Waals surface area contributed by atoms with E-state index >= 15 is 0 Å². The van der Waals surface area contributed by atoms with Gasteiger partial charge in [0.1, 0.15) is 5.75 Å². The van der Waals surface area contributed by atoms with Crippen molar-refractivity contribution in [1.82, 2.24) is 4.90 Å². The molecule has 5 nitrogen and oxygen atoms in total. The Labute approximate surface area is 146 Å². The average Bonchev–Trinajstić information content (AvgIpc) is 2.43. The van der Waals surface area contributed by atoms with Crippen LogP contribution < -0.4 is 4.18 Å². The van der Waals surface area contributed by atoms with Crippen molar-refractivity contribution in [1.29, 1.82) is 0 Å². The summed E-state index contributed by atoms with van der Waals surface area (Å²) < 4.78 is 27.9. The fraction of sp³-hybridized carbons (Fsp3) is 0.611. The fourth-order valence-corrected chi connectivity index (χ4v) is 2.69. The summed E-state index contributed by atoms with van der Waals surface area (Å²) in [4.78, 5) is 14.4. The molecule has 0 spiro atoms. The van der Waals surface area contributed by atoms with Crippen LogP contribution in [0.4, 0.5) is 0 Å². The van der Waals surface area contributed by atoms with Gasteiger partial charge in [-0.05, 0) is 43.9 Å². The van der Waals surface area contributed by atoms with E-state index in [1.54, 1.807) is 24.3 Å². The summed E-state index contributed by atoms with van der Waals surface area (Å²) in [6.45, 7) is 12.1. The zero-order valence-electron chi connectivity index (χ0n) is 15.5. The quantitative estimate of drug-likeness (QED) is 0.701. The third-order valence-corrected chi connectivity index (χ3v) is 4.63. The molecule has 1 amide bonds. The number of hydrogen-bond acceptors (Lipinski definition) is 4. The van der Waals surface area contributed by atoms with Crippen LogP contribution in [0.2, 0.25) is 0 Å². The Morgan fingerprint density at radius 2 is 1.71 bits per heavy atom. The van der Waals surface area contributed by atoms with Gasteiger partial charge in [0.25, 0.3) is 0 Å². The summed E-state index contributed by atoms with van der Waals surface area (Å²) in [6, 6.07) is 6.92. The van der Waals surface area contributed by atoms with Crippen LogP contribution >= 0.6 is 0 Å². The van der Waals surface area contributed by atoms with E-state index in [-0.39, 0.29) is 28.9 Å². The van der Waals surface area contributed by atoms with E-state index in [1.165, 1.54) is 6.92 Å². The molecule has 24 heavy (non-hydrogen) atoms. The zero-order chi connectivity index (χ0) is 18.5. The molecular weight excluding hydrogens is 326 g/mol. The van der Waals surface area contributed by atoms with E-state index in [9.17, 15) is 13.2 Å². The molecule has 136 valence electrons. The normalized spacial score (nSPS) is 12.3. The highest BCUT2D eigenvalue weighted by molar-refractivity contribution is 7.87. The van der Waals surface area contributed by atoms with Crippen molar-refractivity contribution < 1.29 is 17.4 Å². The smallest absolute Gasteiger partial charge is 0.308 e. The van der Waals surface area contributed by atoms with E-state index in [1.807, 2.05) is 39.5 Å². The summed E-state index contributed by atoms with van der Waals surface area (Å²) in [6.07, 6.45) is 0.487. The standard InChI is InChI=1S/C18H29NO4S/c1-7-24(21,22)23-16-10-8-15(9-11-16)13-19(14(2)3)17(20)12-18(4,5)6/h8-11,14H,7,12-13H2,1-6H3. The average molecular weight is 356 g/mol. The first-order chi connectivity index (χ1) is 10.9. The predicted molar refractivity (Wildman–Crippen MR) is 96.3 cm³/mol. The van der Waals surface area contributed by atoms with Gasteiger partial charge in [0.2, 0.25) is 5.91 Å². The van der Waals surface area contributed by atoms with Gasteiger partial charge in [-0.3, -0.25) is 4.79 Å². The molecule has 0 N–H and O–H groups in total. The van der Waals surface area contributed by atoms with Gasteiger partial charge >= 0.3 is 10.1 Å². The molecule has 0 radical (unpaired) electrons. The molecule has 0 bridgehead atoms. The number of carbonyl (C=O) groups excluding carboxylic acids is 1. The molecule has 0 heterocycles. The van der Waals surface area contributed by atoms with E-state index in [0.717, 1.165) is 5.56 Å². The lowest BCUT2D eigenvalue weighted by atomic mass is 9.91. The highest BCUT2D eigenvalue weighted by Gasteiger charge is 2.23. The number of hydrogen-bond donors (Lipinski definition) is 0. The van der Waals surface area contributed by atoms with E-state index < -0.39 is 10.1 Å². The molecule has 1 aromatic carbocycles. The van der Waals surface area contributed by atoms with Crippen molar-refractivity contribution >= 4 is 16.0 Å². The van der Waals surface area contributed by atoms with Crippen LogP contribution in [0.25, 0.3) is 0 Å². The Balaban J connectivity index is 2.83. The molecule has 0 fully saturated rings. The second kappa shape index (κ2) is 8.01. The first kappa shape index (κ1) is 20.5. The topological polar surface area (TPSA) is 63.7 Å². The minimum atomic E-state index is -3.52. The lowest BCUT2D eigenvalue weighted by Crippen LogP contribution is -2.38. The maximum absolute atomic E-state index is 12.5. The SMILES string of the molecule is CCS(=O)(=O)Oc1ccc(CN(C(=O)CC(C)(C)C)C(C)C)cc1. The van der Waals surface area contributed by atoms with Crippen molar-refractivity contribution in [2.24, 2.45) is 5.41 Å². The van der Waals surface area contributed by atoms with Gasteiger partial charge in [-0.15, -0.1) is 0 Å². The number of amides is 1. The molecular formula is C18H29NO4S. The molecule has 6 heteroatoms. The Kier molecular flexibility index (Phi) is 6.84. The Morgan fingerprint density at radius 1 is 1.17 bits per heavy atom. The Bertz CT molecular complexity index is 643. The number of rotatable bonds is 7. The largest absolute Gasteiger partial charge is 0.382 e. The number of carbonyl (C=O) groups is 1. The lowest BCUT2D eigenvalue weighted by molar-refractivity contribution is -0.135. The molecule has 0 saturated heterocycles. The van der Waals surface area contributed by atoms with Crippen molar-refractivity contribution in [2.75, 3.05) is 5.75 Å². The Morgan fingerprint density at radius 3 is 2.12 bits per heavy atom. The van der Waals surface area contributed by atoms with Crippen LogP contribution in [0.1, 0.15) is 53.5 Å². The molecule has 0 aliphatic rings. The minimum absolute atomic E-state index is 0.0591. The molecule has 1 rings (SSSR count). The minimum Gasteiger partial charge on any atom is -0.382 e. The Hall–Kier alpha value is -1.56. The highest BCUT2D eigenvalue weighted by atomic mass is 32.2. The van der Waals surface area contributed by atoms with Gasteiger partial charge in [0, 0.05) is 19.0 Å². The second-order valence-electron chi connectivity index (χ2n) is 7.43. The summed E-state index contributed by atoms with van der Waals surface area (Å²) in [7, 11) is -3.52. The third kappa shape index (κ3) is 6.91. The molecule has 0 aromatic heterocycles. The first-order valence-corrected chi connectivity index (χ1v) is 9.82. The fourth-order valence-electron chi connectivity index (χ4n) is 2.17. The number of benzene rings is 1. The highest BCUT2D eigenvalue weighted by Crippen LogP contribution is 2.22. The second-order valence-corrected chi connectivity index (χ2v) is 9.29. The maximum atomic E-state index is 12.5. The van der Waals surface area contributed by atoms with Gasteiger partial charge < -0.3 is 9.08 Å². The van der Waals surface area contributed by atoms with Crippen molar-refractivity contribution in [2.45, 2.75) is 60.5 Å². The molecule has 0 unspecified atom stereocenters. The van der Waals surface area contributed by atoms with Crippen LogP contribution in [0, 0.1) is 5.41 Å². The van der Waals surface area contributed by atoms with Crippen LogP contribution in [0.5, 0.6) is 5.75 Å². The summed E-state index contributed by atoms with van der Waals surface area (Å²) in [5.41, 5.74) is 0.878. The van der Waals surface area contributed by atoms with Gasteiger partial charge in [-0.1, -0.05) is 32.9 Å². The zero-order valence-corrected chi connectivity index (χ0v) is 16.3. The first-order valence-electron chi connectivity index (χ1n) is 8.24. The van der Waals surface area contributed by atoms with Gasteiger partial charge in [0.15, 0.2) is 0 Å². The monoisotopic (exact) mass is 355 g/mol. The van der Waals surface area contributed by atoms with Crippen LogP contribution in [0.15, 0.2) is 24.3 Å². The van der Waals surface area contributed by atoms with Crippen LogP contribution in [0.3, 0.4) is 0 Å². The van der Waals surface area contributed by atoms with Gasteiger partial charge in [-0.25, -0.2) is 0 Å². The maximum Gasteiger partial charge on any atom is 0.308 e. The van der Waals surface area contributed by atoms with Crippen molar-refractivity contribution in [3.8, 4) is 5.75 Å². The lowest BCUT2D eigenvalue weighted by Gasteiger charge is -2.30. The molecule has 1 aromatic rings. The predicted octanol–water partition coefficient (Wildman–Crippen LogP) is 3.59. The number of nitrogens with zero attached hydrogens (tertiary/aromatic N) is 1. The van der Waals surface area contributed by atoms with Crippen molar-refractivity contribution in [3.05, 3.63) is 29.8 Å². The summed E-state index contributed by atoms with van der Waals surface area (Å²) in [5, 5.41) is 0. The third-order valence-electron chi connectivity index (χ3n) is 3.48. The van der Waals surface area contributed by atoms with Gasteiger partial charge in [0.05, 0.1) is 5.75 Å². The van der Waals surface area contributed by atoms with Crippen molar-refractivity contribution in [3.63, 3.8) is 0 Å². The van der Waals surface area contributed by atoms with E-state index in [4.69, 9.17) is 4.18 Å². The molecule has 0 aliphatic heterocycles. The van der Waals surface area contributed by atoms with E-state index in [0.29, 0.717) is 13.0 Å². The van der Waals surface area contributed by atoms with Crippen LogP contribution in [-0.4, -0.2) is 31.0 Å². The summed E-state index contributed by atoms with van der Waals surface area (Å²) >= 11 is 0. The molecule has 0 saturated carbocycles. The van der Waals surface area contributed by atoms with Crippen LogP contribution in [-0.2, 0) is 21.5 Å².